The van der Waals surface area contributed by atoms with E-state index in [9.17, 15) is 13.6 Å². The second kappa shape index (κ2) is 5.05. The number of Topliss-reactive ketones (excluding diaryl/α,β-unsaturated/α-hetero) is 1. The van der Waals surface area contributed by atoms with Gasteiger partial charge in [0.25, 0.3) is 0 Å². The van der Waals surface area contributed by atoms with E-state index >= 15 is 0 Å². The van der Waals surface area contributed by atoms with Crippen LogP contribution in [0.1, 0.15) is 29.8 Å². The molecule has 4 heteroatoms. The second-order valence-electron chi connectivity index (χ2n) is 3.81. The van der Waals surface area contributed by atoms with Gasteiger partial charge in [-0.3, -0.25) is 4.79 Å². The fourth-order valence-electron chi connectivity index (χ4n) is 1.38. The minimum atomic E-state index is -2.96. The van der Waals surface area contributed by atoms with E-state index in [1.165, 1.54) is 12.1 Å². The SMILES string of the molecule is Cc1cc(OC(C)C)ccc1C(=O)C(F)F. The molecule has 0 N–H and O–H groups in total. The Bertz CT molecular complexity index is 387. The molecule has 0 amide bonds. The Balaban J connectivity index is 2.96. The number of ketones is 1. The largest absolute Gasteiger partial charge is 0.491 e. The first-order chi connectivity index (χ1) is 7.41. The lowest BCUT2D eigenvalue weighted by Crippen LogP contribution is -2.12. The number of aryl methyl sites for hydroxylation is 1. The van der Waals surface area contributed by atoms with Crippen LogP contribution in [0.3, 0.4) is 0 Å². The highest BCUT2D eigenvalue weighted by atomic mass is 19.3. The van der Waals surface area contributed by atoms with E-state index in [0.717, 1.165) is 0 Å². The number of hydrogen-bond donors (Lipinski definition) is 0. The van der Waals surface area contributed by atoms with Crippen LogP contribution < -0.4 is 4.74 Å². The van der Waals surface area contributed by atoms with Crippen molar-refractivity contribution in [3.05, 3.63) is 29.3 Å². The van der Waals surface area contributed by atoms with Gasteiger partial charge in [-0.25, -0.2) is 8.78 Å². The third-order valence-corrected chi connectivity index (χ3v) is 2.03. The molecule has 1 aromatic rings. The maximum absolute atomic E-state index is 12.2. The molecular weight excluding hydrogens is 214 g/mol. The molecule has 1 rings (SSSR count). The van der Waals surface area contributed by atoms with E-state index < -0.39 is 12.2 Å². The Kier molecular flexibility index (Phi) is 3.99. The van der Waals surface area contributed by atoms with Gasteiger partial charge >= 0.3 is 6.43 Å². The fourth-order valence-corrected chi connectivity index (χ4v) is 1.38. The third-order valence-electron chi connectivity index (χ3n) is 2.03. The summed E-state index contributed by atoms with van der Waals surface area (Å²) in [7, 11) is 0. The maximum atomic E-state index is 12.2. The second-order valence-corrected chi connectivity index (χ2v) is 3.81. The van der Waals surface area contributed by atoms with E-state index in [1.807, 2.05) is 13.8 Å². The highest BCUT2D eigenvalue weighted by molar-refractivity contribution is 5.99. The number of hydrogen-bond acceptors (Lipinski definition) is 2. The highest BCUT2D eigenvalue weighted by Gasteiger charge is 2.19. The molecule has 0 radical (unpaired) electrons. The Morgan fingerprint density at radius 1 is 1.31 bits per heavy atom. The molecule has 88 valence electrons. The van der Waals surface area contributed by atoms with Gasteiger partial charge < -0.3 is 4.74 Å². The van der Waals surface area contributed by atoms with E-state index in [1.54, 1.807) is 13.0 Å². The first-order valence-corrected chi connectivity index (χ1v) is 5.01. The van der Waals surface area contributed by atoms with Crippen molar-refractivity contribution in [2.45, 2.75) is 33.3 Å². The van der Waals surface area contributed by atoms with Crippen LogP contribution in [-0.2, 0) is 0 Å². The zero-order chi connectivity index (χ0) is 12.3. The summed E-state index contributed by atoms with van der Waals surface area (Å²) in [5.74, 6) is -0.563. The Labute approximate surface area is 93.2 Å². The Hall–Kier alpha value is -1.45. The lowest BCUT2D eigenvalue weighted by molar-refractivity contribution is 0.0678. The summed E-state index contributed by atoms with van der Waals surface area (Å²) in [4.78, 5) is 11.1. The molecule has 0 saturated carbocycles. The van der Waals surface area contributed by atoms with Crippen LogP contribution in [0.15, 0.2) is 18.2 Å². The molecule has 0 aromatic heterocycles. The van der Waals surface area contributed by atoms with E-state index in [-0.39, 0.29) is 11.7 Å². The molecule has 0 heterocycles. The zero-order valence-corrected chi connectivity index (χ0v) is 9.46. The molecule has 2 nitrogen and oxygen atoms in total. The van der Waals surface area contributed by atoms with Crippen LogP contribution in [0.2, 0.25) is 0 Å². The minimum Gasteiger partial charge on any atom is -0.491 e. The summed E-state index contributed by atoms with van der Waals surface area (Å²) in [6.07, 6.45) is -2.95. The number of carbonyl (C=O) groups is 1. The van der Waals surface area contributed by atoms with Crippen molar-refractivity contribution < 1.29 is 18.3 Å². The van der Waals surface area contributed by atoms with E-state index in [4.69, 9.17) is 4.74 Å². The standard InChI is InChI=1S/C12H14F2O2/c1-7(2)16-9-4-5-10(8(3)6-9)11(15)12(13)14/h4-7,12H,1-3H3. The number of halogens is 2. The molecule has 1 aromatic carbocycles. The monoisotopic (exact) mass is 228 g/mol. The van der Waals surface area contributed by atoms with Crippen molar-refractivity contribution in [3.8, 4) is 5.75 Å². The molecule has 0 bridgehead atoms. The maximum Gasteiger partial charge on any atom is 0.300 e. The van der Waals surface area contributed by atoms with Gasteiger partial charge in [0.05, 0.1) is 6.10 Å². The zero-order valence-electron chi connectivity index (χ0n) is 9.46. The number of carbonyl (C=O) groups excluding carboxylic acids is 1. The summed E-state index contributed by atoms with van der Waals surface area (Å²) in [6, 6.07) is 4.50. The van der Waals surface area contributed by atoms with Gasteiger partial charge in [0.1, 0.15) is 5.75 Å². The molecule has 0 unspecified atom stereocenters. The van der Waals surface area contributed by atoms with Gasteiger partial charge in [0, 0.05) is 5.56 Å². The van der Waals surface area contributed by atoms with Crippen molar-refractivity contribution in [2.24, 2.45) is 0 Å². The summed E-state index contributed by atoms with van der Waals surface area (Å²) >= 11 is 0. The predicted octanol–water partition coefficient (Wildman–Crippen LogP) is 3.23. The quantitative estimate of drug-likeness (QED) is 0.739. The van der Waals surface area contributed by atoms with Gasteiger partial charge in [-0.05, 0) is 44.5 Å². The number of alkyl halides is 2. The molecule has 0 atom stereocenters. The third kappa shape index (κ3) is 3.02. The average molecular weight is 228 g/mol. The molecule has 0 aliphatic heterocycles. The smallest absolute Gasteiger partial charge is 0.300 e. The topological polar surface area (TPSA) is 26.3 Å². The first kappa shape index (κ1) is 12.6. The lowest BCUT2D eigenvalue weighted by Gasteiger charge is -2.11. The van der Waals surface area contributed by atoms with Crippen molar-refractivity contribution in [2.75, 3.05) is 0 Å². The molecular formula is C12H14F2O2. The average Bonchev–Trinajstić information content (AvgIpc) is 2.15. The Morgan fingerprint density at radius 3 is 2.38 bits per heavy atom. The van der Waals surface area contributed by atoms with Gasteiger partial charge in [0.15, 0.2) is 0 Å². The molecule has 0 aliphatic rings. The molecule has 0 saturated heterocycles. The van der Waals surface area contributed by atoms with Gasteiger partial charge in [-0.2, -0.15) is 0 Å². The number of rotatable bonds is 4. The first-order valence-electron chi connectivity index (χ1n) is 5.01. The predicted molar refractivity (Wildman–Crippen MR) is 57.3 cm³/mol. The molecule has 16 heavy (non-hydrogen) atoms. The van der Waals surface area contributed by atoms with Crippen LogP contribution in [0.25, 0.3) is 0 Å². The fraction of sp³-hybridized carbons (Fsp3) is 0.417. The van der Waals surface area contributed by atoms with Crippen LogP contribution in [0.5, 0.6) is 5.75 Å². The minimum absolute atomic E-state index is 0.0102. The van der Waals surface area contributed by atoms with Crippen LogP contribution in [-0.4, -0.2) is 18.3 Å². The summed E-state index contributed by atoms with van der Waals surface area (Å²) in [5, 5.41) is 0. The van der Waals surface area contributed by atoms with Crippen LogP contribution in [0, 0.1) is 6.92 Å². The Morgan fingerprint density at radius 2 is 1.94 bits per heavy atom. The van der Waals surface area contributed by atoms with Gasteiger partial charge in [-0.1, -0.05) is 0 Å². The van der Waals surface area contributed by atoms with Crippen molar-refractivity contribution in [1.82, 2.24) is 0 Å². The van der Waals surface area contributed by atoms with Crippen molar-refractivity contribution >= 4 is 5.78 Å². The van der Waals surface area contributed by atoms with E-state index in [2.05, 4.69) is 0 Å². The summed E-state index contributed by atoms with van der Waals surface area (Å²) < 4.78 is 29.8. The summed E-state index contributed by atoms with van der Waals surface area (Å²) in [5.41, 5.74) is 0.551. The van der Waals surface area contributed by atoms with Crippen molar-refractivity contribution in [3.63, 3.8) is 0 Å². The molecule has 0 spiro atoms. The number of ether oxygens (including phenoxy) is 1. The molecule has 0 aliphatic carbocycles. The normalized spacial score (nSPS) is 10.9. The lowest BCUT2D eigenvalue weighted by atomic mass is 10.0. The van der Waals surface area contributed by atoms with Gasteiger partial charge in [0.2, 0.25) is 5.78 Å². The highest BCUT2D eigenvalue weighted by Crippen LogP contribution is 2.20. The van der Waals surface area contributed by atoms with Gasteiger partial charge in [-0.15, -0.1) is 0 Å². The van der Waals surface area contributed by atoms with E-state index in [0.29, 0.717) is 11.3 Å². The van der Waals surface area contributed by atoms with Crippen LogP contribution in [0.4, 0.5) is 8.78 Å². The summed E-state index contributed by atoms with van der Waals surface area (Å²) in [6.45, 7) is 5.35. The number of benzene rings is 1. The molecule has 0 fully saturated rings. The van der Waals surface area contributed by atoms with Crippen molar-refractivity contribution in [1.29, 1.82) is 0 Å². The van der Waals surface area contributed by atoms with Crippen LogP contribution >= 0.6 is 0 Å².